The largest absolute Gasteiger partial charge is 0.392 e. The first-order chi connectivity index (χ1) is 8.74. The van der Waals surface area contributed by atoms with E-state index in [-0.39, 0.29) is 11.8 Å². The molecule has 1 aromatic rings. The molecule has 0 aromatic heterocycles. The van der Waals surface area contributed by atoms with Crippen LogP contribution in [-0.4, -0.2) is 31.0 Å². The Morgan fingerprint density at radius 1 is 1.44 bits per heavy atom. The summed E-state index contributed by atoms with van der Waals surface area (Å²) in [4.78, 5) is 0. The molecule has 1 fully saturated rings. The van der Waals surface area contributed by atoms with Gasteiger partial charge in [-0.3, -0.25) is 0 Å². The summed E-state index contributed by atoms with van der Waals surface area (Å²) >= 11 is 6.18. The summed E-state index contributed by atoms with van der Waals surface area (Å²) in [5.74, 6) is 0.0361. The maximum absolute atomic E-state index is 10.5. The fourth-order valence-electron chi connectivity index (χ4n) is 2.59. The molecule has 1 heterocycles. The molecule has 1 saturated heterocycles. The van der Waals surface area contributed by atoms with E-state index in [0.29, 0.717) is 18.2 Å². The molecule has 3 nitrogen and oxygen atoms in total. The van der Waals surface area contributed by atoms with Crippen molar-refractivity contribution in [3.05, 3.63) is 34.9 Å². The minimum Gasteiger partial charge on any atom is -0.392 e. The maximum Gasteiger partial charge on any atom is 0.0671 e. The van der Waals surface area contributed by atoms with Crippen LogP contribution < -0.4 is 5.73 Å². The number of hydrogen-bond donors (Lipinski definition) is 2. The standard InChI is InChI=1S/C14H20ClNO2/c15-13-6-2-1-5-11(13)12(8-16)14(17)10-4-3-7-18-9-10/h1-2,5-6,10,12,14,17H,3-4,7-9,16H2. The molecule has 0 aliphatic carbocycles. The third-order valence-corrected chi connectivity index (χ3v) is 3.99. The van der Waals surface area contributed by atoms with Gasteiger partial charge in [0.15, 0.2) is 0 Å². The van der Waals surface area contributed by atoms with Crippen LogP contribution >= 0.6 is 11.6 Å². The van der Waals surface area contributed by atoms with Crippen LogP contribution in [0.15, 0.2) is 24.3 Å². The molecule has 100 valence electrons. The lowest BCUT2D eigenvalue weighted by molar-refractivity contribution is -0.0184. The SMILES string of the molecule is NCC(c1ccccc1Cl)C(O)C1CCCOC1. The molecule has 1 aliphatic heterocycles. The molecule has 3 N–H and O–H groups in total. The van der Waals surface area contributed by atoms with E-state index >= 15 is 0 Å². The molecular weight excluding hydrogens is 250 g/mol. The van der Waals surface area contributed by atoms with E-state index in [1.807, 2.05) is 24.3 Å². The number of aliphatic hydroxyl groups excluding tert-OH is 1. The Morgan fingerprint density at radius 2 is 2.22 bits per heavy atom. The van der Waals surface area contributed by atoms with Crippen LogP contribution in [0.2, 0.25) is 5.02 Å². The average Bonchev–Trinajstić information content (AvgIpc) is 2.42. The lowest BCUT2D eigenvalue weighted by Gasteiger charge is -2.32. The van der Waals surface area contributed by atoms with Crippen LogP contribution in [0.3, 0.4) is 0 Å². The minimum atomic E-state index is -0.491. The highest BCUT2D eigenvalue weighted by atomic mass is 35.5. The summed E-state index contributed by atoms with van der Waals surface area (Å²) in [6.07, 6.45) is 1.50. The molecule has 0 radical (unpaired) electrons. The summed E-state index contributed by atoms with van der Waals surface area (Å²) in [6, 6.07) is 7.58. The van der Waals surface area contributed by atoms with E-state index in [0.717, 1.165) is 25.0 Å². The quantitative estimate of drug-likeness (QED) is 0.881. The molecule has 0 saturated carbocycles. The Kier molecular flexibility index (Phi) is 5.01. The van der Waals surface area contributed by atoms with E-state index < -0.39 is 6.10 Å². The number of benzene rings is 1. The Balaban J connectivity index is 2.14. The van der Waals surface area contributed by atoms with Crippen molar-refractivity contribution in [1.82, 2.24) is 0 Å². The molecule has 1 aromatic carbocycles. The molecule has 2 rings (SSSR count). The minimum absolute atomic E-state index is 0.120. The predicted molar refractivity (Wildman–Crippen MR) is 72.8 cm³/mol. The molecule has 0 spiro atoms. The molecule has 3 unspecified atom stereocenters. The van der Waals surface area contributed by atoms with E-state index in [2.05, 4.69) is 0 Å². The number of aliphatic hydroxyl groups is 1. The van der Waals surface area contributed by atoms with Gasteiger partial charge in [-0.2, -0.15) is 0 Å². The Labute approximate surface area is 113 Å². The second-order valence-corrected chi connectivity index (χ2v) is 5.24. The van der Waals surface area contributed by atoms with Crippen LogP contribution in [0.4, 0.5) is 0 Å². The van der Waals surface area contributed by atoms with Crippen LogP contribution in [0.1, 0.15) is 24.3 Å². The lowest BCUT2D eigenvalue weighted by atomic mass is 9.83. The third-order valence-electron chi connectivity index (χ3n) is 3.65. The van der Waals surface area contributed by atoms with Gasteiger partial charge < -0.3 is 15.6 Å². The zero-order valence-electron chi connectivity index (χ0n) is 10.4. The third kappa shape index (κ3) is 3.04. The van der Waals surface area contributed by atoms with Gasteiger partial charge in [0, 0.05) is 30.0 Å². The van der Waals surface area contributed by atoms with Gasteiger partial charge in [0.05, 0.1) is 12.7 Å². The van der Waals surface area contributed by atoms with Crippen molar-refractivity contribution >= 4 is 11.6 Å². The molecule has 0 amide bonds. The monoisotopic (exact) mass is 269 g/mol. The number of rotatable bonds is 4. The van der Waals surface area contributed by atoms with Crippen LogP contribution in [0.25, 0.3) is 0 Å². The highest BCUT2D eigenvalue weighted by Crippen LogP contribution is 2.31. The van der Waals surface area contributed by atoms with E-state index in [4.69, 9.17) is 22.1 Å². The second-order valence-electron chi connectivity index (χ2n) is 4.83. The first-order valence-electron chi connectivity index (χ1n) is 6.44. The average molecular weight is 270 g/mol. The second kappa shape index (κ2) is 6.53. The van der Waals surface area contributed by atoms with Crippen LogP contribution in [0, 0.1) is 5.92 Å². The van der Waals surface area contributed by atoms with Gasteiger partial charge in [0.25, 0.3) is 0 Å². The molecule has 4 heteroatoms. The van der Waals surface area contributed by atoms with Crippen molar-refractivity contribution in [2.24, 2.45) is 11.7 Å². The highest BCUT2D eigenvalue weighted by Gasteiger charge is 2.30. The molecule has 18 heavy (non-hydrogen) atoms. The van der Waals surface area contributed by atoms with Crippen LogP contribution in [0.5, 0.6) is 0 Å². The van der Waals surface area contributed by atoms with Crippen molar-refractivity contribution in [1.29, 1.82) is 0 Å². The van der Waals surface area contributed by atoms with Crippen LogP contribution in [-0.2, 0) is 4.74 Å². The van der Waals surface area contributed by atoms with Gasteiger partial charge in [-0.25, -0.2) is 0 Å². The van der Waals surface area contributed by atoms with Crippen molar-refractivity contribution in [3.8, 4) is 0 Å². The van der Waals surface area contributed by atoms with Gasteiger partial charge in [-0.05, 0) is 24.5 Å². The van der Waals surface area contributed by atoms with E-state index in [9.17, 15) is 5.11 Å². The smallest absolute Gasteiger partial charge is 0.0671 e. The topological polar surface area (TPSA) is 55.5 Å². The first kappa shape index (κ1) is 13.8. The number of ether oxygens (including phenoxy) is 1. The summed E-state index contributed by atoms with van der Waals surface area (Å²) in [6.45, 7) is 1.80. The highest BCUT2D eigenvalue weighted by molar-refractivity contribution is 6.31. The fraction of sp³-hybridized carbons (Fsp3) is 0.571. The zero-order chi connectivity index (χ0) is 13.0. The lowest BCUT2D eigenvalue weighted by Crippen LogP contribution is -2.36. The maximum atomic E-state index is 10.5. The van der Waals surface area contributed by atoms with Crippen molar-refractivity contribution in [2.45, 2.75) is 24.9 Å². The first-order valence-corrected chi connectivity index (χ1v) is 6.82. The van der Waals surface area contributed by atoms with Gasteiger partial charge >= 0.3 is 0 Å². The van der Waals surface area contributed by atoms with Gasteiger partial charge in [0.1, 0.15) is 0 Å². The Bertz CT molecular complexity index is 380. The Hall–Kier alpha value is -0.610. The van der Waals surface area contributed by atoms with E-state index in [1.54, 1.807) is 0 Å². The summed E-state index contributed by atoms with van der Waals surface area (Å²) in [7, 11) is 0. The molecule has 0 bridgehead atoms. The zero-order valence-corrected chi connectivity index (χ0v) is 11.1. The molecule has 3 atom stereocenters. The van der Waals surface area contributed by atoms with Gasteiger partial charge in [-0.15, -0.1) is 0 Å². The Morgan fingerprint density at radius 3 is 2.83 bits per heavy atom. The summed E-state index contributed by atoms with van der Waals surface area (Å²) < 4.78 is 5.43. The number of nitrogens with two attached hydrogens (primary N) is 1. The molecular formula is C14H20ClNO2. The fourth-order valence-corrected chi connectivity index (χ4v) is 2.87. The van der Waals surface area contributed by atoms with Crippen molar-refractivity contribution in [2.75, 3.05) is 19.8 Å². The van der Waals surface area contributed by atoms with Gasteiger partial charge in [-0.1, -0.05) is 29.8 Å². The number of hydrogen-bond acceptors (Lipinski definition) is 3. The number of halogens is 1. The van der Waals surface area contributed by atoms with Crippen molar-refractivity contribution < 1.29 is 9.84 Å². The van der Waals surface area contributed by atoms with E-state index in [1.165, 1.54) is 0 Å². The van der Waals surface area contributed by atoms with Gasteiger partial charge in [0.2, 0.25) is 0 Å². The van der Waals surface area contributed by atoms with Crippen molar-refractivity contribution in [3.63, 3.8) is 0 Å². The predicted octanol–water partition coefficient (Wildman–Crippen LogP) is 2.17. The molecule has 1 aliphatic rings. The summed E-state index contributed by atoms with van der Waals surface area (Å²) in [5, 5.41) is 11.2. The summed E-state index contributed by atoms with van der Waals surface area (Å²) in [5.41, 5.74) is 6.75. The normalized spacial score (nSPS) is 23.6.